The van der Waals surface area contributed by atoms with Crippen molar-refractivity contribution in [3.05, 3.63) is 21.5 Å². The van der Waals surface area contributed by atoms with E-state index in [1.54, 1.807) is 0 Å². The van der Waals surface area contributed by atoms with Crippen molar-refractivity contribution in [3.63, 3.8) is 0 Å². The Morgan fingerprint density at radius 2 is 1.30 bits per heavy atom. The Bertz CT molecular complexity index is 1610. The van der Waals surface area contributed by atoms with E-state index < -0.39 is 24.0 Å². The number of nitrogens with zero attached hydrogens (tertiary/aromatic N) is 6. The summed E-state index contributed by atoms with van der Waals surface area (Å²) >= 11 is 0. The first kappa shape index (κ1) is 47.9. The fourth-order valence-corrected chi connectivity index (χ4v) is 9.24. The maximum atomic E-state index is 13.7. The van der Waals surface area contributed by atoms with Gasteiger partial charge in [-0.1, -0.05) is 6.92 Å². The minimum atomic E-state index is -0.618. The number of aliphatic hydroxyl groups is 1. The van der Waals surface area contributed by atoms with Crippen molar-refractivity contribution in [1.82, 2.24) is 36.5 Å². The Balaban J connectivity index is 1.18. The molecule has 10 unspecified atom stereocenters. The van der Waals surface area contributed by atoms with Crippen LogP contribution in [0.1, 0.15) is 75.8 Å². The van der Waals surface area contributed by atoms with Crippen molar-refractivity contribution in [3.8, 4) is 11.9 Å². The number of azo groups is 2. The summed E-state index contributed by atoms with van der Waals surface area (Å²) in [6.45, 7) is 4.69. The van der Waals surface area contributed by atoms with Crippen LogP contribution in [0.3, 0.4) is 0 Å². The largest absolute Gasteiger partial charge is 0.493 e. The average molecular weight is 853 g/mol. The highest BCUT2D eigenvalue weighted by molar-refractivity contribution is 5.56. The van der Waals surface area contributed by atoms with Gasteiger partial charge in [-0.25, -0.2) is 19.6 Å². The third-order valence-corrected chi connectivity index (χ3v) is 12.1. The summed E-state index contributed by atoms with van der Waals surface area (Å²) in [5.74, 6) is -0.162. The van der Waals surface area contributed by atoms with Crippen molar-refractivity contribution < 1.29 is 50.8 Å². The molecule has 10 atom stereocenters. The van der Waals surface area contributed by atoms with Crippen molar-refractivity contribution in [2.45, 2.75) is 121 Å². The molecule has 3 aliphatic carbocycles. The van der Waals surface area contributed by atoms with Gasteiger partial charge in [0.2, 0.25) is 5.88 Å². The minimum absolute atomic E-state index is 0.0137. The molecule has 1 aromatic heterocycles. The SMILES string of the molecule is Cc1c(C#N)c(O)n(CCNC2NC(NCCO)NC(NC3CCC(N=NC4CC(COO)CC(COO)C4)C(C)C3)N2)c(=O)c1N=NC1CC(COO)CC(COO)C1. The molecule has 23 heteroatoms. The van der Waals surface area contributed by atoms with Crippen LogP contribution in [-0.2, 0) is 26.1 Å². The molecule has 1 saturated heterocycles. The molecule has 0 aromatic carbocycles. The minimum Gasteiger partial charge on any atom is -0.493 e. The lowest BCUT2D eigenvalue weighted by Crippen LogP contribution is -2.78. The third kappa shape index (κ3) is 13.7. The molecule has 60 heavy (non-hydrogen) atoms. The zero-order valence-electron chi connectivity index (χ0n) is 34.4. The lowest BCUT2D eigenvalue weighted by atomic mass is 9.79. The monoisotopic (exact) mass is 852 g/mol. The van der Waals surface area contributed by atoms with Crippen molar-refractivity contribution in [1.29, 1.82) is 5.26 Å². The first-order chi connectivity index (χ1) is 29.1. The number of nitrogens with one attached hydrogen (secondary N) is 6. The van der Waals surface area contributed by atoms with Crippen LogP contribution in [0.5, 0.6) is 5.88 Å². The van der Waals surface area contributed by atoms with Gasteiger partial charge in [-0.3, -0.25) is 62.3 Å². The number of rotatable bonds is 21. The second-order valence-electron chi connectivity index (χ2n) is 16.7. The lowest BCUT2D eigenvalue weighted by molar-refractivity contribution is -0.263. The number of aromatic hydroxyl groups is 1. The van der Waals surface area contributed by atoms with Crippen LogP contribution in [-0.4, -0.2) is 125 Å². The van der Waals surface area contributed by atoms with Gasteiger partial charge in [0.1, 0.15) is 30.5 Å². The van der Waals surface area contributed by atoms with E-state index in [2.05, 4.69) is 68.6 Å². The van der Waals surface area contributed by atoms with E-state index in [0.29, 0.717) is 25.8 Å². The zero-order valence-corrected chi connectivity index (χ0v) is 34.4. The van der Waals surface area contributed by atoms with Crippen LogP contribution in [0, 0.1) is 47.8 Å². The van der Waals surface area contributed by atoms with Crippen LogP contribution in [0.15, 0.2) is 25.3 Å². The first-order valence-electron chi connectivity index (χ1n) is 20.9. The van der Waals surface area contributed by atoms with Crippen molar-refractivity contribution >= 4 is 5.69 Å². The number of hydrogen-bond donors (Lipinski definition) is 12. The Labute approximate surface area is 348 Å². The standard InChI is InChI=1S/C37H64N12O11/c1-21-9-27(3-4-31(21)47-45-28-12-23(17-57-53)10-24(13-28)18-58-54)41-37-43-35(42-36(44-37)40-6-8-50)39-5-7-49-33(51)30(16-38)22(2)32(34(49)52)48-46-29-14-25(19-59-55)11-26(15-29)20-60-56/h21,23-29,31,35-37,39-44,50-51,53-56H,3-15,17-20H2,1-2H3. The molecule has 0 bridgehead atoms. The molecule has 0 amide bonds. The number of aliphatic hydroxyl groups excluding tert-OH is 1. The molecule has 5 rings (SSSR count). The summed E-state index contributed by atoms with van der Waals surface area (Å²) in [5.41, 5.74) is -0.584. The number of nitriles is 1. The summed E-state index contributed by atoms with van der Waals surface area (Å²) < 4.78 is 1.09. The Kier molecular flexibility index (Phi) is 19.5. The second-order valence-corrected chi connectivity index (χ2v) is 16.7. The summed E-state index contributed by atoms with van der Waals surface area (Å²) in [6, 6.07) is 1.79. The van der Waals surface area contributed by atoms with Crippen LogP contribution < -0.4 is 37.5 Å². The molecular formula is C37H64N12O11. The molecule has 23 nitrogen and oxygen atoms in total. The van der Waals surface area contributed by atoms with Crippen LogP contribution in [0.25, 0.3) is 0 Å². The zero-order chi connectivity index (χ0) is 43.0. The van der Waals surface area contributed by atoms with Gasteiger partial charge in [0.25, 0.3) is 5.56 Å². The number of pyridine rings is 1. The van der Waals surface area contributed by atoms with Gasteiger partial charge >= 0.3 is 0 Å². The van der Waals surface area contributed by atoms with Crippen molar-refractivity contribution in [2.24, 2.45) is 50.0 Å². The molecule has 1 aliphatic heterocycles. The van der Waals surface area contributed by atoms with Gasteiger partial charge in [-0.05, 0) is 94.3 Å². The first-order valence-corrected chi connectivity index (χ1v) is 20.9. The fraction of sp³-hybridized carbons (Fsp3) is 0.838. The molecule has 4 fully saturated rings. The molecule has 4 aliphatic rings. The van der Waals surface area contributed by atoms with Gasteiger partial charge in [-0.2, -0.15) is 20.6 Å². The van der Waals surface area contributed by atoms with E-state index in [0.717, 1.165) is 43.1 Å². The number of aromatic nitrogens is 1. The lowest BCUT2D eigenvalue weighted by Gasteiger charge is -2.42. The topological polar surface area (TPSA) is 326 Å². The van der Waals surface area contributed by atoms with Crippen molar-refractivity contribution in [2.75, 3.05) is 46.1 Å². The van der Waals surface area contributed by atoms with Gasteiger partial charge < -0.3 is 10.2 Å². The molecule has 3 saturated carbocycles. The fourth-order valence-electron chi connectivity index (χ4n) is 9.24. The normalized spacial score (nSPS) is 32.8. The quantitative estimate of drug-likeness (QED) is 0.0476. The summed E-state index contributed by atoms with van der Waals surface area (Å²) in [7, 11) is 0. The van der Waals surface area contributed by atoms with E-state index in [-0.39, 0.29) is 123 Å². The van der Waals surface area contributed by atoms with E-state index in [1.807, 2.05) is 6.07 Å². The van der Waals surface area contributed by atoms with Crippen LogP contribution in [0.2, 0.25) is 0 Å². The molecule has 0 radical (unpaired) electrons. The molecule has 1 aromatic rings. The molecular weight excluding hydrogens is 788 g/mol. The second kappa shape index (κ2) is 24.5. The molecule has 0 spiro atoms. The van der Waals surface area contributed by atoms with E-state index >= 15 is 0 Å². The summed E-state index contributed by atoms with van der Waals surface area (Å²) in [6.07, 6.45) is 5.23. The highest BCUT2D eigenvalue weighted by Gasteiger charge is 2.34. The summed E-state index contributed by atoms with van der Waals surface area (Å²) in [5, 5.41) is 105. The average Bonchev–Trinajstić information content (AvgIpc) is 3.21. The number of hydrogen-bond acceptors (Lipinski definition) is 22. The van der Waals surface area contributed by atoms with Gasteiger partial charge in [0.15, 0.2) is 5.69 Å². The molecule has 338 valence electrons. The van der Waals surface area contributed by atoms with E-state index in [9.17, 15) is 20.3 Å². The van der Waals surface area contributed by atoms with Gasteiger partial charge in [0.05, 0.1) is 51.2 Å². The predicted octanol–water partition coefficient (Wildman–Crippen LogP) is 1.75. The van der Waals surface area contributed by atoms with Gasteiger partial charge in [-0.15, -0.1) is 5.11 Å². The van der Waals surface area contributed by atoms with Crippen LogP contribution in [0.4, 0.5) is 5.69 Å². The Morgan fingerprint density at radius 1 is 0.767 bits per heavy atom. The maximum absolute atomic E-state index is 13.7. The highest BCUT2D eigenvalue weighted by atomic mass is 17.1. The molecule has 12 N–H and O–H groups in total. The predicted molar refractivity (Wildman–Crippen MR) is 212 cm³/mol. The van der Waals surface area contributed by atoms with Gasteiger partial charge in [0, 0.05) is 31.2 Å². The maximum Gasteiger partial charge on any atom is 0.281 e. The third-order valence-electron chi connectivity index (χ3n) is 12.1. The smallest absolute Gasteiger partial charge is 0.281 e. The van der Waals surface area contributed by atoms with E-state index in [1.165, 1.54) is 6.92 Å². The highest BCUT2D eigenvalue weighted by Crippen LogP contribution is 2.35. The van der Waals surface area contributed by atoms with Crippen LogP contribution >= 0.6 is 0 Å². The summed E-state index contributed by atoms with van der Waals surface area (Å²) in [4.78, 5) is 31.3. The van der Waals surface area contributed by atoms with E-state index in [4.69, 9.17) is 31.3 Å². The Morgan fingerprint density at radius 3 is 1.82 bits per heavy atom. The Hall–Kier alpha value is -3.16. The molecule has 2 heterocycles.